The molecule has 1 aliphatic heterocycles. The van der Waals surface area contributed by atoms with Gasteiger partial charge in [-0.05, 0) is 13.8 Å². The number of hydrogen-bond donors (Lipinski definition) is 2. The first kappa shape index (κ1) is 7.54. The molecule has 1 heterocycles. The molecule has 0 bridgehead atoms. The summed E-state index contributed by atoms with van der Waals surface area (Å²) in [4.78, 5) is 10.9. The van der Waals surface area contributed by atoms with Crippen molar-refractivity contribution in [1.82, 2.24) is 10.6 Å². The van der Waals surface area contributed by atoms with E-state index in [2.05, 4.69) is 10.6 Å². The van der Waals surface area contributed by atoms with Crippen LogP contribution in [0.1, 0.15) is 20.3 Å². The smallest absolute Gasteiger partial charge is 0.221 e. The van der Waals surface area contributed by atoms with Crippen LogP contribution < -0.4 is 10.6 Å². The molecule has 0 aliphatic carbocycles. The second-order valence-corrected chi connectivity index (χ2v) is 3.34. The predicted octanol–water partition coefficient (Wildman–Crippen LogP) is -0.126. The Kier molecular flexibility index (Phi) is 1.94. The Morgan fingerprint density at radius 2 is 2.10 bits per heavy atom. The predicted molar refractivity (Wildman–Crippen MR) is 39.7 cm³/mol. The fourth-order valence-corrected chi connectivity index (χ4v) is 1.13. The Morgan fingerprint density at radius 3 is 2.80 bits per heavy atom. The Bertz CT molecular complexity index is 143. The van der Waals surface area contributed by atoms with Crippen molar-refractivity contribution in [1.29, 1.82) is 0 Å². The Labute approximate surface area is 61.2 Å². The van der Waals surface area contributed by atoms with Crippen molar-refractivity contribution in [3.05, 3.63) is 0 Å². The van der Waals surface area contributed by atoms with E-state index in [9.17, 15) is 4.79 Å². The summed E-state index contributed by atoms with van der Waals surface area (Å²) in [5.74, 6) is 0.148. The van der Waals surface area contributed by atoms with Crippen molar-refractivity contribution < 1.29 is 4.79 Å². The van der Waals surface area contributed by atoms with Gasteiger partial charge in [-0.3, -0.25) is 4.79 Å². The highest BCUT2D eigenvalue weighted by atomic mass is 16.1. The molecule has 2 N–H and O–H groups in total. The fourth-order valence-electron chi connectivity index (χ4n) is 1.13. The molecule has 0 saturated carbocycles. The molecule has 1 saturated heterocycles. The maximum Gasteiger partial charge on any atom is 0.221 e. The molecule has 10 heavy (non-hydrogen) atoms. The van der Waals surface area contributed by atoms with E-state index in [-0.39, 0.29) is 11.4 Å². The summed E-state index contributed by atoms with van der Waals surface area (Å²) in [6.07, 6.45) is 0.576. The number of nitrogens with one attached hydrogen (secondary N) is 2. The van der Waals surface area contributed by atoms with E-state index in [1.165, 1.54) is 0 Å². The third kappa shape index (κ3) is 1.99. The molecule has 58 valence electrons. The largest absolute Gasteiger partial charge is 0.355 e. The third-order valence-electron chi connectivity index (χ3n) is 1.65. The van der Waals surface area contributed by atoms with Gasteiger partial charge in [-0.25, -0.2) is 0 Å². The minimum absolute atomic E-state index is 0.0272. The van der Waals surface area contributed by atoms with Gasteiger partial charge in [0.2, 0.25) is 5.91 Å². The lowest BCUT2D eigenvalue weighted by Crippen LogP contribution is -2.39. The van der Waals surface area contributed by atoms with Crippen molar-refractivity contribution in [2.45, 2.75) is 25.8 Å². The molecule has 1 aliphatic rings. The van der Waals surface area contributed by atoms with Gasteiger partial charge in [0, 0.05) is 25.0 Å². The molecule has 0 spiro atoms. The van der Waals surface area contributed by atoms with E-state index >= 15 is 0 Å². The van der Waals surface area contributed by atoms with E-state index in [1.54, 1.807) is 0 Å². The SMILES string of the molecule is CC1(C)CC(=O)NCCN1. The fraction of sp³-hybridized carbons (Fsp3) is 0.857. The van der Waals surface area contributed by atoms with Gasteiger partial charge in [0.15, 0.2) is 0 Å². The quantitative estimate of drug-likeness (QED) is 0.495. The van der Waals surface area contributed by atoms with Gasteiger partial charge in [-0.15, -0.1) is 0 Å². The lowest BCUT2D eigenvalue weighted by molar-refractivity contribution is -0.121. The highest BCUT2D eigenvalue weighted by Gasteiger charge is 2.22. The van der Waals surface area contributed by atoms with Gasteiger partial charge in [0.25, 0.3) is 0 Å². The van der Waals surface area contributed by atoms with Crippen LogP contribution in [-0.2, 0) is 4.79 Å². The molecule has 0 radical (unpaired) electrons. The summed E-state index contributed by atoms with van der Waals surface area (Å²) < 4.78 is 0. The molecule has 3 nitrogen and oxygen atoms in total. The Balaban J connectivity index is 2.54. The molecular weight excluding hydrogens is 128 g/mol. The second kappa shape index (κ2) is 2.58. The van der Waals surface area contributed by atoms with Gasteiger partial charge in [-0.2, -0.15) is 0 Å². The molecule has 0 aromatic carbocycles. The van der Waals surface area contributed by atoms with Crippen molar-refractivity contribution in [2.75, 3.05) is 13.1 Å². The van der Waals surface area contributed by atoms with E-state index in [1.807, 2.05) is 13.8 Å². The molecular formula is C7H14N2O. The van der Waals surface area contributed by atoms with E-state index in [0.717, 1.165) is 13.1 Å². The van der Waals surface area contributed by atoms with Crippen LogP contribution in [0.4, 0.5) is 0 Å². The maximum absolute atomic E-state index is 10.9. The van der Waals surface area contributed by atoms with Gasteiger partial charge in [0.1, 0.15) is 0 Å². The molecule has 0 unspecified atom stereocenters. The zero-order valence-electron chi connectivity index (χ0n) is 6.53. The zero-order chi connectivity index (χ0) is 7.61. The van der Waals surface area contributed by atoms with Gasteiger partial charge in [-0.1, -0.05) is 0 Å². The summed E-state index contributed by atoms with van der Waals surface area (Å²) in [7, 11) is 0. The molecule has 0 atom stereocenters. The normalized spacial score (nSPS) is 25.2. The molecule has 1 fully saturated rings. The molecule has 1 amide bonds. The zero-order valence-corrected chi connectivity index (χ0v) is 6.53. The lowest BCUT2D eigenvalue weighted by atomic mass is 10.0. The van der Waals surface area contributed by atoms with Gasteiger partial charge >= 0.3 is 0 Å². The summed E-state index contributed by atoms with van der Waals surface area (Å²) in [6, 6.07) is 0. The number of rotatable bonds is 0. The van der Waals surface area contributed by atoms with Crippen LogP contribution in [0.5, 0.6) is 0 Å². The highest BCUT2D eigenvalue weighted by Crippen LogP contribution is 2.08. The maximum atomic E-state index is 10.9. The number of hydrogen-bond acceptors (Lipinski definition) is 2. The van der Waals surface area contributed by atoms with Gasteiger partial charge in [0.05, 0.1) is 0 Å². The molecule has 1 rings (SSSR count). The van der Waals surface area contributed by atoms with Crippen molar-refractivity contribution in [2.24, 2.45) is 0 Å². The van der Waals surface area contributed by atoms with Crippen molar-refractivity contribution >= 4 is 5.91 Å². The van der Waals surface area contributed by atoms with Crippen molar-refractivity contribution in [3.8, 4) is 0 Å². The van der Waals surface area contributed by atoms with Crippen LogP contribution in [0, 0.1) is 0 Å². The third-order valence-corrected chi connectivity index (χ3v) is 1.65. The first-order valence-corrected chi connectivity index (χ1v) is 3.62. The summed E-state index contributed by atoms with van der Waals surface area (Å²) in [5.41, 5.74) is -0.0272. The number of amides is 1. The molecule has 0 aromatic rings. The van der Waals surface area contributed by atoms with Crippen LogP contribution in [0.3, 0.4) is 0 Å². The average molecular weight is 142 g/mol. The first-order valence-electron chi connectivity index (χ1n) is 3.62. The monoisotopic (exact) mass is 142 g/mol. The average Bonchev–Trinajstić information content (AvgIpc) is 1.90. The summed E-state index contributed by atoms with van der Waals surface area (Å²) in [5, 5.41) is 6.07. The standard InChI is InChI=1S/C7H14N2O/c1-7(2)5-6(10)8-3-4-9-7/h9H,3-5H2,1-2H3,(H,8,10). The minimum atomic E-state index is -0.0272. The number of carbonyl (C=O) groups is 1. The van der Waals surface area contributed by atoms with E-state index < -0.39 is 0 Å². The van der Waals surface area contributed by atoms with Crippen LogP contribution in [0.25, 0.3) is 0 Å². The summed E-state index contributed by atoms with van der Waals surface area (Å²) >= 11 is 0. The second-order valence-electron chi connectivity index (χ2n) is 3.34. The first-order chi connectivity index (χ1) is 4.60. The topological polar surface area (TPSA) is 41.1 Å². The van der Waals surface area contributed by atoms with Crippen LogP contribution in [0.15, 0.2) is 0 Å². The van der Waals surface area contributed by atoms with E-state index in [0.29, 0.717) is 6.42 Å². The molecule has 0 aromatic heterocycles. The van der Waals surface area contributed by atoms with E-state index in [4.69, 9.17) is 0 Å². The highest BCUT2D eigenvalue weighted by molar-refractivity contribution is 5.77. The van der Waals surface area contributed by atoms with Crippen molar-refractivity contribution in [3.63, 3.8) is 0 Å². The van der Waals surface area contributed by atoms with Crippen LogP contribution >= 0.6 is 0 Å². The molecule has 3 heteroatoms. The lowest BCUT2D eigenvalue weighted by Gasteiger charge is -2.21. The van der Waals surface area contributed by atoms with Gasteiger partial charge < -0.3 is 10.6 Å². The Morgan fingerprint density at radius 1 is 1.40 bits per heavy atom. The van der Waals surface area contributed by atoms with Crippen LogP contribution in [0.2, 0.25) is 0 Å². The minimum Gasteiger partial charge on any atom is -0.355 e. The number of carbonyl (C=O) groups excluding carboxylic acids is 1. The van der Waals surface area contributed by atoms with Crippen LogP contribution in [-0.4, -0.2) is 24.5 Å². The Hall–Kier alpha value is -0.570. The summed E-state index contributed by atoms with van der Waals surface area (Å²) in [6.45, 7) is 5.71.